The van der Waals surface area contributed by atoms with Crippen LogP contribution in [-0.2, 0) is 74.5 Å². The van der Waals surface area contributed by atoms with Gasteiger partial charge in [0.25, 0.3) is 0 Å². The highest BCUT2D eigenvalue weighted by molar-refractivity contribution is 7.66. The molecular formula is C18H36N3O21P5. The van der Waals surface area contributed by atoms with E-state index in [1.54, 1.807) is 6.92 Å². The smallest absolute Gasteiger partial charge is 0.388 e. The predicted molar refractivity (Wildman–Crippen MR) is 150 cm³/mol. The Labute approximate surface area is 267 Å². The lowest BCUT2D eigenvalue weighted by atomic mass is 10.1. The van der Waals surface area contributed by atoms with Crippen molar-refractivity contribution in [3.63, 3.8) is 0 Å². The average Bonchev–Trinajstić information content (AvgIpc) is 3.63. The maximum absolute atomic E-state index is 12.6. The van der Waals surface area contributed by atoms with E-state index in [0.29, 0.717) is 13.5 Å². The highest BCUT2D eigenvalue weighted by Crippen LogP contribution is 2.67. The van der Waals surface area contributed by atoms with Gasteiger partial charge in [-0.25, -0.2) is 27.5 Å². The van der Waals surface area contributed by atoms with Crippen LogP contribution in [0.15, 0.2) is 6.20 Å². The quantitative estimate of drug-likeness (QED) is 0.106. The van der Waals surface area contributed by atoms with Crippen LogP contribution in [0.2, 0.25) is 0 Å². The number of nitrogens with zero attached hydrogens (tertiary/aromatic N) is 3. The van der Waals surface area contributed by atoms with Crippen molar-refractivity contribution in [1.82, 2.24) is 15.0 Å². The molecule has 2 aliphatic rings. The van der Waals surface area contributed by atoms with Crippen molar-refractivity contribution < 1.29 is 97.6 Å². The summed E-state index contributed by atoms with van der Waals surface area (Å²) in [5.74, 6) is 0. The second-order valence-corrected chi connectivity index (χ2v) is 17.7. The lowest BCUT2D eigenvalue weighted by molar-refractivity contribution is -0.0201. The van der Waals surface area contributed by atoms with Crippen molar-refractivity contribution in [2.75, 3.05) is 34.0 Å². The van der Waals surface area contributed by atoms with Gasteiger partial charge in [0.05, 0.1) is 43.8 Å². The van der Waals surface area contributed by atoms with Gasteiger partial charge < -0.3 is 39.0 Å². The van der Waals surface area contributed by atoms with Gasteiger partial charge >= 0.3 is 39.1 Å². The number of aromatic nitrogens is 3. The number of hydrogen-bond donors (Lipinski definition) is 6. The van der Waals surface area contributed by atoms with E-state index in [4.69, 9.17) is 32.5 Å². The number of hydrogen-bond acceptors (Lipinski definition) is 18. The Morgan fingerprint density at radius 3 is 2.06 bits per heavy atom. The van der Waals surface area contributed by atoms with Crippen molar-refractivity contribution in [1.29, 1.82) is 0 Å². The average molecular weight is 785 g/mol. The van der Waals surface area contributed by atoms with Crippen LogP contribution in [0, 0.1) is 0 Å². The summed E-state index contributed by atoms with van der Waals surface area (Å²) in [7, 11) is -23.7. The minimum Gasteiger partial charge on any atom is -0.388 e. The molecule has 0 radical (unpaired) electrons. The summed E-state index contributed by atoms with van der Waals surface area (Å²) in [4.78, 5) is 48.2. The molecule has 0 aromatic carbocycles. The normalized spacial score (nSPS) is 33.0. The van der Waals surface area contributed by atoms with Crippen molar-refractivity contribution in [3.8, 4) is 0 Å². The van der Waals surface area contributed by atoms with Gasteiger partial charge in [-0.15, -0.1) is 5.10 Å². The molecule has 6 N–H and O–H groups in total. The van der Waals surface area contributed by atoms with Crippen LogP contribution in [0.5, 0.6) is 0 Å². The zero-order chi connectivity index (χ0) is 35.4. The Morgan fingerprint density at radius 1 is 0.830 bits per heavy atom. The van der Waals surface area contributed by atoms with E-state index in [0.717, 1.165) is 7.11 Å². The van der Waals surface area contributed by atoms with Gasteiger partial charge in [-0.1, -0.05) is 5.21 Å². The fourth-order valence-corrected chi connectivity index (χ4v) is 8.97. The van der Waals surface area contributed by atoms with Crippen molar-refractivity contribution in [2.24, 2.45) is 0 Å². The van der Waals surface area contributed by atoms with Gasteiger partial charge in [-0.3, -0.25) is 27.1 Å². The minimum absolute atomic E-state index is 0.0753. The number of aliphatic hydroxyl groups excluding tert-OH is 1. The summed E-state index contributed by atoms with van der Waals surface area (Å²) in [6.45, 7) is 1.39. The number of phosphoric ester groups is 4. The molecule has 12 atom stereocenters. The molecule has 0 saturated carbocycles. The van der Waals surface area contributed by atoms with Crippen molar-refractivity contribution in [2.45, 2.75) is 69.4 Å². The van der Waals surface area contributed by atoms with Gasteiger partial charge in [-0.05, 0) is 20.3 Å². The molecule has 2 fully saturated rings. The molecular weight excluding hydrogens is 749 g/mol. The highest BCUT2D eigenvalue weighted by Gasteiger charge is 2.47. The van der Waals surface area contributed by atoms with Crippen molar-refractivity contribution >= 4 is 39.1 Å². The molecule has 1 aromatic heterocycles. The van der Waals surface area contributed by atoms with Gasteiger partial charge in [0, 0.05) is 26.8 Å². The molecule has 47 heavy (non-hydrogen) atoms. The van der Waals surface area contributed by atoms with E-state index in [1.165, 1.54) is 17.8 Å². The molecule has 7 unspecified atom stereocenters. The van der Waals surface area contributed by atoms with Crippen LogP contribution in [-0.4, -0.2) is 115 Å². The molecule has 0 spiro atoms. The first-order chi connectivity index (χ1) is 21.6. The maximum Gasteiger partial charge on any atom is 0.490 e. The molecule has 24 nitrogen and oxygen atoms in total. The summed E-state index contributed by atoms with van der Waals surface area (Å²) < 4.78 is 108. The Hall–Kier alpha value is -0.350. The fourth-order valence-electron chi connectivity index (χ4n) is 4.31. The zero-order valence-corrected chi connectivity index (χ0v) is 29.5. The van der Waals surface area contributed by atoms with Gasteiger partial charge in [0.15, 0.2) is 0 Å². The van der Waals surface area contributed by atoms with E-state index in [-0.39, 0.29) is 12.1 Å². The molecule has 0 amide bonds. The summed E-state index contributed by atoms with van der Waals surface area (Å²) in [5.41, 5.74) is 0.257. The Kier molecular flexibility index (Phi) is 14.3. The molecule has 1 aromatic rings. The number of phosphoric acid groups is 5. The first-order valence-electron chi connectivity index (χ1n) is 13.3. The Morgan fingerprint density at radius 2 is 1.43 bits per heavy atom. The molecule has 2 aliphatic heterocycles. The first kappa shape index (κ1) is 41.1. The van der Waals surface area contributed by atoms with Crippen LogP contribution < -0.4 is 0 Å². The second-order valence-electron chi connectivity index (χ2n) is 9.96. The molecule has 0 aliphatic carbocycles. The van der Waals surface area contributed by atoms with Gasteiger partial charge in [0.2, 0.25) is 0 Å². The van der Waals surface area contributed by atoms with Gasteiger partial charge in [-0.2, -0.15) is 8.62 Å². The summed E-state index contributed by atoms with van der Waals surface area (Å²) >= 11 is 0. The number of rotatable bonds is 19. The lowest BCUT2D eigenvalue weighted by Crippen LogP contribution is -2.36. The van der Waals surface area contributed by atoms with Gasteiger partial charge in [0.1, 0.15) is 24.4 Å². The summed E-state index contributed by atoms with van der Waals surface area (Å²) in [6.07, 6.45) is -4.74. The largest absolute Gasteiger partial charge is 0.490 e. The second kappa shape index (κ2) is 16.3. The third-order valence-electron chi connectivity index (χ3n) is 6.43. The van der Waals surface area contributed by atoms with Crippen LogP contribution >= 0.6 is 39.1 Å². The highest BCUT2D eigenvalue weighted by atomic mass is 31.3. The topological polar surface area (TPSA) is 330 Å². The predicted octanol–water partition coefficient (Wildman–Crippen LogP) is 0.950. The summed E-state index contributed by atoms with van der Waals surface area (Å²) in [6, 6.07) is -0.653. The third kappa shape index (κ3) is 12.7. The molecule has 274 valence electrons. The van der Waals surface area contributed by atoms with E-state index >= 15 is 0 Å². The molecule has 2 saturated heterocycles. The SMILES string of the molecule is COP(=O)(O)OC[C@H]1O[C@@H](C)C(O)[C@H]1OP(=O)(O)OCCc1cn(C2C[C@H](C)O[C@@H]2COP(=O)(O)OP(=O)(O)OP(=O)(O)OC)nn1. The van der Waals surface area contributed by atoms with E-state index in [1.807, 2.05) is 0 Å². The van der Waals surface area contributed by atoms with E-state index in [9.17, 15) is 47.5 Å². The maximum atomic E-state index is 12.6. The standard InChI is InChI=1S/C18H36N3O21P5/c1-11-7-14(15(38-11)9-37-46(29,30)42-47(31,32)41-44(25,26)34-4)21-8-13(19-20-21)5-6-35-45(27,28)40-18-16(39-12(2)17(18)22)10-36-43(23,24)33-3/h8,11-12,14-18,22H,5-7,9-10H2,1-4H3,(H,23,24)(H,25,26)(H,27,28)(H,29,30)(H,31,32)/t11-,12-,14?,15+,16+,17?,18-/m0/s1. The van der Waals surface area contributed by atoms with Crippen LogP contribution in [0.25, 0.3) is 0 Å². The molecule has 3 rings (SSSR count). The first-order valence-corrected chi connectivity index (χ1v) is 20.7. The zero-order valence-electron chi connectivity index (χ0n) is 25.0. The molecule has 29 heteroatoms. The Bertz CT molecular complexity index is 1450. The van der Waals surface area contributed by atoms with Crippen LogP contribution in [0.3, 0.4) is 0 Å². The monoisotopic (exact) mass is 785 g/mol. The Balaban J connectivity index is 1.54. The fraction of sp³-hybridized carbons (Fsp3) is 0.889. The van der Waals surface area contributed by atoms with E-state index < -0.39 is 102 Å². The molecule has 0 bridgehead atoms. The molecule has 3 heterocycles. The van der Waals surface area contributed by atoms with Crippen molar-refractivity contribution in [3.05, 3.63) is 11.9 Å². The number of ether oxygens (including phenoxy) is 2. The van der Waals surface area contributed by atoms with Crippen LogP contribution in [0.4, 0.5) is 0 Å². The number of aliphatic hydroxyl groups is 1. The summed E-state index contributed by atoms with van der Waals surface area (Å²) in [5, 5.41) is 18.2. The minimum atomic E-state index is -5.60. The lowest BCUT2D eigenvalue weighted by Gasteiger charge is -2.23. The van der Waals surface area contributed by atoms with E-state index in [2.05, 4.69) is 28.0 Å². The van der Waals surface area contributed by atoms with Crippen LogP contribution in [0.1, 0.15) is 32.0 Å². The third-order valence-corrected chi connectivity index (χ3v) is 12.6.